The first-order valence-electron chi connectivity index (χ1n) is 6.02. The standard InChI is InChI=1S/C13H16N2O3S/c1-9(12(16)15-8-7-14-13(15)17)19-11-6-4-3-5-10(11)18-2/h3-6,9H,7-8H2,1-2H3,(H,14,17)/t9-/m1/s1. The zero-order valence-electron chi connectivity index (χ0n) is 10.9. The molecule has 6 heteroatoms. The number of hydrogen-bond donors (Lipinski definition) is 1. The summed E-state index contributed by atoms with van der Waals surface area (Å²) in [6.07, 6.45) is 0. The van der Waals surface area contributed by atoms with Gasteiger partial charge in [0.05, 0.1) is 17.3 Å². The highest BCUT2D eigenvalue weighted by atomic mass is 32.2. The Bertz CT molecular complexity index is 493. The van der Waals surface area contributed by atoms with E-state index in [1.165, 1.54) is 16.7 Å². The molecule has 1 aromatic rings. The molecule has 2 rings (SSSR count). The number of benzene rings is 1. The van der Waals surface area contributed by atoms with Crippen LogP contribution in [-0.4, -0.2) is 42.3 Å². The van der Waals surface area contributed by atoms with Gasteiger partial charge in [-0.1, -0.05) is 12.1 Å². The maximum atomic E-state index is 12.2. The SMILES string of the molecule is COc1ccccc1S[C@H](C)C(=O)N1CCNC1=O. The summed E-state index contributed by atoms with van der Waals surface area (Å²) >= 11 is 1.40. The molecule has 0 aromatic heterocycles. The van der Waals surface area contributed by atoms with Crippen LogP contribution in [0.3, 0.4) is 0 Å². The number of hydrogen-bond acceptors (Lipinski definition) is 4. The number of urea groups is 1. The summed E-state index contributed by atoms with van der Waals surface area (Å²) in [4.78, 5) is 25.8. The Morgan fingerprint density at radius 3 is 2.84 bits per heavy atom. The summed E-state index contributed by atoms with van der Waals surface area (Å²) in [6, 6.07) is 7.21. The van der Waals surface area contributed by atoms with Crippen LogP contribution >= 0.6 is 11.8 Å². The molecular formula is C13H16N2O3S. The number of carbonyl (C=O) groups excluding carboxylic acids is 2. The molecular weight excluding hydrogens is 264 g/mol. The molecule has 0 aliphatic carbocycles. The molecule has 1 fully saturated rings. The van der Waals surface area contributed by atoms with Crippen molar-refractivity contribution >= 4 is 23.7 Å². The molecule has 1 aliphatic rings. The van der Waals surface area contributed by atoms with Gasteiger partial charge in [0.1, 0.15) is 5.75 Å². The molecule has 1 saturated heterocycles. The number of thioether (sulfide) groups is 1. The number of methoxy groups -OCH3 is 1. The van der Waals surface area contributed by atoms with Crippen LogP contribution in [0.15, 0.2) is 29.2 Å². The molecule has 0 bridgehead atoms. The molecule has 0 spiro atoms. The van der Waals surface area contributed by atoms with E-state index in [0.717, 1.165) is 10.6 Å². The molecule has 19 heavy (non-hydrogen) atoms. The summed E-state index contributed by atoms with van der Waals surface area (Å²) in [5.74, 6) is 0.559. The minimum absolute atomic E-state index is 0.175. The van der Waals surface area contributed by atoms with Crippen molar-refractivity contribution < 1.29 is 14.3 Å². The third kappa shape index (κ3) is 3.01. The monoisotopic (exact) mass is 280 g/mol. The van der Waals surface area contributed by atoms with E-state index < -0.39 is 0 Å². The van der Waals surface area contributed by atoms with E-state index in [-0.39, 0.29) is 17.2 Å². The van der Waals surface area contributed by atoms with E-state index >= 15 is 0 Å². The van der Waals surface area contributed by atoms with Crippen molar-refractivity contribution in [3.8, 4) is 5.75 Å². The van der Waals surface area contributed by atoms with Crippen LogP contribution in [0.25, 0.3) is 0 Å². The lowest BCUT2D eigenvalue weighted by Crippen LogP contribution is -2.38. The summed E-state index contributed by atoms with van der Waals surface area (Å²) in [5, 5.41) is 2.29. The number of nitrogens with zero attached hydrogens (tertiary/aromatic N) is 1. The predicted molar refractivity (Wildman–Crippen MR) is 73.4 cm³/mol. The first-order valence-corrected chi connectivity index (χ1v) is 6.90. The summed E-state index contributed by atoms with van der Waals surface area (Å²) < 4.78 is 5.25. The minimum atomic E-state index is -0.333. The first kappa shape index (κ1) is 13.7. The van der Waals surface area contributed by atoms with Gasteiger partial charge in [0.15, 0.2) is 0 Å². The molecule has 1 heterocycles. The molecule has 1 N–H and O–H groups in total. The number of ether oxygens (including phenoxy) is 1. The number of imide groups is 1. The van der Waals surface area contributed by atoms with Crippen molar-refractivity contribution in [2.45, 2.75) is 17.1 Å². The second-order valence-electron chi connectivity index (χ2n) is 4.13. The summed E-state index contributed by atoms with van der Waals surface area (Å²) in [6.45, 7) is 2.76. The van der Waals surface area contributed by atoms with Crippen LogP contribution in [0.4, 0.5) is 4.79 Å². The average Bonchev–Trinajstić information content (AvgIpc) is 2.84. The van der Waals surface area contributed by atoms with Gasteiger partial charge in [-0.15, -0.1) is 11.8 Å². The highest BCUT2D eigenvalue weighted by Crippen LogP contribution is 2.32. The Hall–Kier alpha value is -1.69. The Kier molecular flexibility index (Phi) is 4.31. The number of amides is 3. The Morgan fingerprint density at radius 1 is 1.47 bits per heavy atom. The van der Waals surface area contributed by atoms with E-state index in [4.69, 9.17) is 4.74 Å². The van der Waals surface area contributed by atoms with Gasteiger partial charge < -0.3 is 10.1 Å². The van der Waals surface area contributed by atoms with Crippen LogP contribution in [0.1, 0.15) is 6.92 Å². The van der Waals surface area contributed by atoms with Gasteiger partial charge in [-0.3, -0.25) is 9.69 Å². The van der Waals surface area contributed by atoms with Gasteiger partial charge in [-0.25, -0.2) is 4.79 Å². The fourth-order valence-corrected chi connectivity index (χ4v) is 2.89. The molecule has 102 valence electrons. The fourth-order valence-electron chi connectivity index (χ4n) is 1.86. The topological polar surface area (TPSA) is 58.6 Å². The van der Waals surface area contributed by atoms with Crippen LogP contribution in [-0.2, 0) is 4.79 Å². The van der Waals surface area contributed by atoms with Crippen molar-refractivity contribution in [3.63, 3.8) is 0 Å². The van der Waals surface area contributed by atoms with E-state index in [9.17, 15) is 9.59 Å². The van der Waals surface area contributed by atoms with Crippen molar-refractivity contribution in [2.75, 3.05) is 20.2 Å². The maximum Gasteiger partial charge on any atom is 0.324 e. The maximum absolute atomic E-state index is 12.2. The van der Waals surface area contributed by atoms with Gasteiger partial charge in [-0.2, -0.15) is 0 Å². The quantitative estimate of drug-likeness (QED) is 0.853. The fraction of sp³-hybridized carbons (Fsp3) is 0.385. The zero-order chi connectivity index (χ0) is 13.8. The molecule has 0 saturated carbocycles. The molecule has 3 amide bonds. The highest BCUT2D eigenvalue weighted by Gasteiger charge is 2.30. The third-order valence-electron chi connectivity index (χ3n) is 2.84. The summed E-state index contributed by atoms with van der Waals surface area (Å²) in [7, 11) is 1.60. The Labute approximate surface area is 116 Å². The number of rotatable bonds is 4. The smallest absolute Gasteiger partial charge is 0.324 e. The normalized spacial score (nSPS) is 16.1. The lowest BCUT2D eigenvalue weighted by Gasteiger charge is -2.18. The van der Waals surface area contributed by atoms with Gasteiger partial charge >= 0.3 is 6.03 Å². The van der Waals surface area contributed by atoms with E-state index in [1.54, 1.807) is 14.0 Å². The van der Waals surface area contributed by atoms with Crippen LogP contribution in [0.2, 0.25) is 0 Å². The van der Waals surface area contributed by atoms with Gasteiger partial charge in [0, 0.05) is 13.1 Å². The molecule has 5 nitrogen and oxygen atoms in total. The van der Waals surface area contributed by atoms with Crippen molar-refractivity contribution in [3.05, 3.63) is 24.3 Å². The molecule has 0 radical (unpaired) electrons. The van der Waals surface area contributed by atoms with Crippen LogP contribution < -0.4 is 10.1 Å². The Balaban J connectivity index is 2.06. The van der Waals surface area contributed by atoms with Crippen molar-refractivity contribution in [2.24, 2.45) is 0 Å². The minimum Gasteiger partial charge on any atom is -0.496 e. The largest absolute Gasteiger partial charge is 0.496 e. The first-order chi connectivity index (χ1) is 9.13. The Morgan fingerprint density at radius 2 is 2.21 bits per heavy atom. The van der Waals surface area contributed by atoms with Gasteiger partial charge in [0.25, 0.3) is 0 Å². The highest BCUT2D eigenvalue weighted by molar-refractivity contribution is 8.00. The third-order valence-corrected chi connectivity index (χ3v) is 3.99. The average molecular weight is 280 g/mol. The number of nitrogens with one attached hydrogen (secondary N) is 1. The number of para-hydroxylation sites is 1. The zero-order valence-corrected chi connectivity index (χ0v) is 11.7. The van der Waals surface area contributed by atoms with Gasteiger partial charge in [-0.05, 0) is 19.1 Å². The lowest BCUT2D eigenvalue weighted by atomic mass is 10.3. The predicted octanol–water partition coefficient (Wildman–Crippen LogP) is 1.73. The van der Waals surface area contributed by atoms with Crippen molar-refractivity contribution in [1.82, 2.24) is 10.2 Å². The van der Waals surface area contributed by atoms with Crippen LogP contribution in [0, 0.1) is 0 Å². The molecule has 0 unspecified atom stereocenters. The molecule has 1 atom stereocenters. The molecule has 1 aliphatic heterocycles. The van der Waals surface area contributed by atoms with E-state index in [0.29, 0.717) is 13.1 Å². The lowest BCUT2D eigenvalue weighted by molar-refractivity contribution is -0.126. The van der Waals surface area contributed by atoms with Crippen molar-refractivity contribution in [1.29, 1.82) is 0 Å². The summed E-state index contributed by atoms with van der Waals surface area (Å²) in [5.41, 5.74) is 0. The van der Waals surface area contributed by atoms with E-state index in [1.807, 2.05) is 24.3 Å². The second kappa shape index (κ2) is 5.97. The van der Waals surface area contributed by atoms with Gasteiger partial charge in [0.2, 0.25) is 5.91 Å². The molecule has 1 aromatic carbocycles. The number of carbonyl (C=O) groups is 2. The van der Waals surface area contributed by atoms with E-state index in [2.05, 4.69) is 5.32 Å². The second-order valence-corrected chi connectivity index (χ2v) is 5.52. The van der Waals surface area contributed by atoms with Crippen LogP contribution in [0.5, 0.6) is 5.75 Å².